The zero-order valence-electron chi connectivity index (χ0n) is 4.71. The minimum atomic E-state index is 0. The predicted molar refractivity (Wildman–Crippen MR) is 31.9 cm³/mol. The van der Waals surface area contributed by atoms with Gasteiger partial charge in [0.1, 0.15) is 0 Å². The second-order valence-corrected chi connectivity index (χ2v) is 0.548. The Kier molecular flexibility index (Phi) is 134. The van der Waals surface area contributed by atoms with Crippen molar-refractivity contribution in [3.63, 3.8) is 0 Å². The standard InChI is InChI=1S/2CNS.2Li/c2*2-1-3;;/q2*-1;2*+1. The van der Waals surface area contributed by atoms with Gasteiger partial charge in [-0.05, 0) is 0 Å². The Morgan fingerprint density at radius 3 is 0.875 bits per heavy atom. The molecule has 0 aromatic rings. The van der Waals surface area contributed by atoms with E-state index in [4.69, 9.17) is 10.8 Å². The molecule has 0 heterocycles. The molecule has 8 heavy (non-hydrogen) atoms. The molecule has 0 N–H and O–H groups in total. The number of hydrogen-bond donors (Lipinski definition) is 0. The number of rotatable bonds is 0. The van der Waals surface area contributed by atoms with E-state index >= 15 is 0 Å². The van der Waals surface area contributed by atoms with Gasteiger partial charge in [0, 0.05) is 0 Å². The summed E-state index contributed by atoms with van der Waals surface area (Å²) in [4.78, 5) is 0. The summed E-state index contributed by atoms with van der Waals surface area (Å²) in [5.41, 5.74) is 0. The van der Waals surface area contributed by atoms with E-state index < -0.39 is 0 Å². The number of nitrogens with zero attached hydrogens (tertiary/aromatic N) is 2. The van der Waals surface area contributed by atoms with E-state index in [0.29, 0.717) is 0 Å². The minimum absolute atomic E-state index is 0. The first-order valence-corrected chi connectivity index (χ1v) is 1.67. The molecular weight excluding hydrogens is 130 g/mol. The molecule has 0 unspecified atom stereocenters. The average Bonchev–Trinajstić information content (AvgIpc) is 1.39. The van der Waals surface area contributed by atoms with Gasteiger partial charge in [0.05, 0.1) is 0 Å². The summed E-state index contributed by atoms with van der Waals surface area (Å²) in [6.45, 7) is 0. The van der Waals surface area contributed by atoms with Crippen molar-refractivity contribution in [2.45, 2.75) is 0 Å². The van der Waals surface area contributed by atoms with E-state index in [2.05, 4.69) is 24.4 Å². The van der Waals surface area contributed by atoms with Crippen LogP contribution in [-0.4, -0.2) is 10.3 Å². The van der Waals surface area contributed by atoms with E-state index in [9.17, 15) is 0 Å². The van der Waals surface area contributed by atoms with E-state index in [1.807, 2.05) is 0 Å². The summed E-state index contributed by atoms with van der Waals surface area (Å²) in [5, 5.41) is 16.9. The van der Waals surface area contributed by atoms with Crippen molar-refractivity contribution in [2.24, 2.45) is 0 Å². The quantitative estimate of drug-likeness (QED) is 0.188. The fourth-order valence-electron chi connectivity index (χ4n) is 0. The largest absolute Gasteiger partial charge is 1.00 e. The average molecular weight is 130 g/mol. The molecule has 0 rings (SSSR count). The van der Waals surface area contributed by atoms with Crippen molar-refractivity contribution in [3.8, 4) is 0 Å². The fraction of sp³-hybridized carbons (Fsp3) is 0. The van der Waals surface area contributed by atoms with Crippen LogP contribution in [0.4, 0.5) is 0 Å². The Hall–Kier alpha value is 0.795. The van der Waals surface area contributed by atoms with Gasteiger partial charge in [-0.2, -0.15) is 10.3 Å². The molecule has 0 spiro atoms. The predicted octanol–water partition coefficient (Wildman–Crippen LogP) is -4.67. The first-order valence-electron chi connectivity index (χ1n) is 0.855. The van der Waals surface area contributed by atoms with Crippen LogP contribution >= 0.6 is 24.4 Å². The topological polar surface area (TPSA) is 44.6 Å². The zero-order valence-corrected chi connectivity index (χ0v) is 6.34. The van der Waals surface area contributed by atoms with Crippen molar-refractivity contribution >= 4 is 34.8 Å². The van der Waals surface area contributed by atoms with Gasteiger partial charge in [0.15, 0.2) is 0 Å². The van der Waals surface area contributed by atoms with Gasteiger partial charge in [-0.3, -0.25) is 0 Å². The summed E-state index contributed by atoms with van der Waals surface area (Å²) >= 11 is 7.40. The normalized spacial score (nSPS) is 2.00. The van der Waals surface area contributed by atoms with E-state index in [0.717, 1.165) is 0 Å². The van der Waals surface area contributed by atoms with Gasteiger partial charge in [0.2, 0.25) is 0 Å². The zero-order chi connectivity index (χ0) is 5.41. The van der Waals surface area contributed by atoms with Crippen LogP contribution in [0.5, 0.6) is 0 Å². The minimum Gasteiger partial charge on any atom is -0.753 e. The van der Waals surface area contributed by atoms with Crippen LogP contribution in [0.1, 0.15) is 0 Å². The molecular formula is C2Li2N2S2. The molecule has 6 heteroatoms. The number of hydrogen-bond acceptors (Lipinski definition) is 2. The molecule has 0 saturated heterocycles. The summed E-state index contributed by atoms with van der Waals surface area (Å²) in [5.74, 6) is 0. The second-order valence-electron chi connectivity index (χ2n) is 0.183. The third-order valence-corrected chi connectivity index (χ3v) is 0. The second kappa shape index (κ2) is 46.1. The van der Waals surface area contributed by atoms with Crippen LogP contribution in [0, 0.1) is 0 Å². The van der Waals surface area contributed by atoms with E-state index in [-0.39, 0.29) is 37.7 Å². The van der Waals surface area contributed by atoms with Gasteiger partial charge in [0.25, 0.3) is 0 Å². The monoisotopic (exact) mass is 130 g/mol. The molecule has 0 aliphatic rings. The smallest absolute Gasteiger partial charge is 0.753 e. The molecule has 0 aromatic heterocycles. The fourth-order valence-corrected chi connectivity index (χ4v) is 0. The van der Waals surface area contributed by atoms with Gasteiger partial charge in [-0.25, -0.2) is 0 Å². The molecule has 0 amide bonds. The van der Waals surface area contributed by atoms with Crippen molar-refractivity contribution in [2.75, 3.05) is 0 Å². The van der Waals surface area contributed by atoms with Gasteiger partial charge < -0.3 is 10.8 Å². The van der Waals surface area contributed by atoms with E-state index in [1.54, 1.807) is 0 Å². The Morgan fingerprint density at radius 1 is 0.875 bits per heavy atom. The molecule has 2 nitrogen and oxygen atoms in total. The van der Waals surface area contributed by atoms with Crippen molar-refractivity contribution in [1.82, 2.24) is 0 Å². The maximum atomic E-state index is 7.13. The first-order chi connectivity index (χ1) is 2.83. The summed E-state index contributed by atoms with van der Waals surface area (Å²) < 4.78 is 0. The summed E-state index contributed by atoms with van der Waals surface area (Å²) in [6, 6.07) is 0. The maximum Gasteiger partial charge on any atom is 1.00 e. The molecule has 0 fully saturated rings. The summed E-state index contributed by atoms with van der Waals surface area (Å²) in [6.07, 6.45) is 0. The van der Waals surface area contributed by atoms with Crippen LogP contribution in [0.2, 0.25) is 0 Å². The third-order valence-electron chi connectivity index (χ3n) is 0. The van der Waals surface area contributed by atoms with Crippen molar-refractivity contribution < 1.29 is 37.7 Å². The molecule has 0 atom stereocenters. The van der Waals surface area contributed by atoms with Crippen molar-refractivity contribution in [1.29, 1.82) is 0 Å². The van der Waals surface area contributed by atoms with Gasteiger partial charge >= 0.3 is 37.7 Å². The maximum absolute atomic E-state index is 7.13. The molecule has 32 valence electrons. The molecule has 0 bridgehead atoms. The summed E-state index contributed by atoms with van der Waals surface area (Å²) in [7, 11) is 0. The molecule has 0 aliphatic heterocycles. The molecule has 0 aromatic carbocycles. The van der Waals surface area contributed by atoms with Gasteiger partial charge in [-0.15, -0.1) is 0 Å². The van der Waals surface area contributed by atoms with Crippen LogP contribution in [0.3, 0.4) is 0 Å². The Labute approximate surface area is 82.8 Å². The number of thiocarbonyl (C=S) groups is 2. The van der Waals surface area contributed by atoms with Crippen LogP contribution in [-0.2, 0) is 0 Å². The van der Waals surface area contributed by atoms with Gasteiger partial charge in [-0.1, -0.05) is 24.4 Å². The Morgan fingerprint density at radius 2 is 0.875 bits per heavy atom. The van der Waals surface area contributed by atoms with Crippen LogP contribution in [0.25, 0.3) is 10.8 Å². The number of isothiocyanates is 2. The Bertz CT molecular complexity index is 70.0. The SMILES string of the molecule is [Li+].[Li+].[N-]=C=S.[N-]=C=S. The Balaban J connectivity index is -0.0000000160. The first kappa shape index (κ1) is 23.2. The molecule has 0 saturated carbocycles. The molecule has 0 aliphatic carbocycles. The third kappa shape index (κ3) is 361. The van der Waals surface area contributed by atoms with Crippen molar-refractivity contribution in [3.05, 3.63) is 10.8 Å². The van der Waals surface area contributed by atoms with Crippen LogP contribution < -0.4 is 37.7 Å². The van der Waals surface area contributed by atoms with Crippen LogP contribution in [0.15, 0.2) is 0 Å². The van der Waals surface area contributed by atoms with E-state index in [1.165, 1.54) is 10.3 Å². The molecule has 0 radical (unpaired) electrons.